The van der Waals surface area contributed by atoms with Crippen LogP contribution in [0.2, 0.25) is 10.0 Å². The van der Waals surface area contributed by atoms with E-state index in [4.69, 9.17) is 32.7 Å². The molecule has 4 rings (SSSR count). The highest BCUT2D eigenvalue weighted by molar-refractivity contribution is 6.35. The summed E-state index contributed by atoms with van der Waals surface area (Å²) in [7, 11) is 0. The minimum Gasteiger partial charge on any atom is -0.491 e. The van der Waals surface area contributed by atoms with E-state index in [1.54, 1.807) is 18.3 Å². The maximum atomic E-state index is 13.7. The third-order valence-electron chi connectivity index (χ3n) is 5.67. The Balaban J connectivity index is 1.72. The third kappa shape index (κ3) is 4.36. The summed E-state index contributed by atoms with van der Waals surface area (Å²) in [6, 6.07) is 12.8. The number of pyridine rings is 1. The SMILES string of the molecule is CCCOc1ccc(NC(=O)C2(c3ccc(Cl)cc3Cl)CCOCC2)c2cccnc12. The molecule has 1 aliphatic heterocycles. The maximum absolute atomic E-state index is 13.7. The van der Waals surface area contributed by atoms with E-state index in [0.717, 1.165) is 22.9 Å². The Morgan fingerprint density at radius 2 is 2.00 bits per heavy atom. The van der Waals surface area contributed by atoms with Gasteiger partial charge in [0.1, 0.15) is 11.3 Å². The van der Waals surface area contributed by atoms with Gasteiger partial charge in [0.05, 0.1) is 17.7 Å². The average molecular weight is 459 g/mol. The molecule has 31 heavy (non-hydrogen) atoms. The second kappa shape index (κ2) is 9.43. The normalized spacial score (nSPS) is 15.6. The summed E-state index contributed by atoms with van der Waals surface area (Å²) in [6.45, 7) is 3.63. The molecule has 0 aliphatic carbocycles. The van der Waals surface area contributed by atoms with Crippen molar-refractivity contribution in [2.24, 2.45) is 0 Å². The van der Waals surface area contributed by atoms with Crippen LogP contribution in [0.25, 0.3) is 10.9 Å². The molecule has 0 saturated carbocycles. The molecular weight excluding hydrogens is 435 g/mol. The number of carbonyl (C=O) groups excluding carboxylic acids is 1. The Labute approximate surface area is 191 Å². The van der Waals surface area contributed by atoms with Crippen molar-refractivity contribution in [3.05, 3.63) is 64.3 Å². The first kappa shape index (κ1) is 21.9. The molecule has 1 saturated heterocycles. The summed E-state index contributed by atoms with van der Waals surface area (Å²) in [5.41, 5.74) is 1.38. The highest BCUT2D eigenvalue weighted by Gasteiger charge is 2.43. The van der Waals surface area contributed by atoms with Crippen molar-refractivity contribution in [3.63, 3.8) is 0 Å². The van der Waals surface area contributed by atoms with Crippen molar-refractivity contribution in [2.75, 3.05) is 25.1 Å². The Kier molecular flexibility index (Phi) is 6.65. The van der Waals surface area contributed by atoms with Crippen LogP contribution in [0.4, 0.5) is 5.69 Å². The number of fused-ring (bicyclic) bond motifs is 1. The third-order valence-corrected chi connectivity index (χ3v) is 6.22. The monoisotopic (exact) mass is 458 g/mol. The first-order chi connectivity index (χ1) is 15.0. The zero-order valence-corrected chi connectivity index (χ0v) is 18.8. The molecule has 1 aliphatic rings. The summed E-state index contributed by atoms with van der Waals surface area (Å²) in [4.78, 5) is 18.2. The largest absolute Gasteiger partial charge is 0.491 e. The Hall–Kier alpha value is -2.34. The van der Waals surface area contributed by atoms with Crippen molar-refractivity contribution < 1.29 is 14.3 Å². The maximum Gasteiger partial charge on any atom is 0.235 e. The van der Waals surface area contributed by atoms with Crippen LogP contribution < -0.4 is 10.1 Å². The summed E-state index contributed by atoms with van der Waals surface area (Å²) in [5.74, 6) is 0.587. The molecule has 2 aromatic carbocycles. The standard InChI is InChI=1S/C24H24Cl2N2O3/c1-2-12-31-21-8-7-20(17-4-3-11-27-22(17)21)28-23(29)24(9-13-30-14-10-24)18-6-5-16(25)15-19(18)26/h3-8,11,15H,2,9-10,12-14H2,1H3,(H,28,29). The van der Waals surface area contributed by atoms with Gasteiger partial charge in [0.15, 0.2) is 0 Å². The summed E-state index contributed by atoms with van der Waals surface area (Å²) in [5, 5.41) is 4.99. The van der Waals surface area contributed by atoms with E-state index < -0.39 is 5.41 Å². The van der Waals surface area contributed by atoms with Gasteiger partial charge in [0, 0.05) is 34.8 Å². The van der Waals surface area contributed by atoms with Crippen molar-refractivity contribution in [1.82, 2.24) is 4.98 Å². The van der Waals surface area contributed by atoms with Gasteiger partial charge in [-0.2, -0.15) is 0 Å². The molecule has 1 N–H and O–H groups in total. The first-order valence-electron chi connectivity index (χ1n) is 10.4. The topological polar surface area (TPSA) is 60.5 Å². The Morgan fingerprint density at radius 1 is 1.19 bits per heavy atom. The van der Waals surface area contributed by atoms with Crippen molar-refractivity contribution in [3.8, 4) is 5.75 Å². The predicted molar refractivity (Wildman–Crippen MR) is 124 cm³/mol. The number of hydrogen-bond acceptors (Lipinski definition) is 4. The minimum absolute atomic E-state index is 0.118. The summed E-state index contributed by atoms with van der Waals surface area (Å²) in [6.07, 6.45) is 3.70. The molecule has 5 nitrogen and oxygen atoms in total. The fraction of sp³-hybridized carbons (Fsp3) is 0.333. The number of aromatic nitrogens is 1. The van der Waals surface area contributed by atoms with E-state index >= 15 is 0 Å². The molecule has 3 aromatic rings. The number of nitrogens with zero attached hydrogens (tertiary/aromatic N) is 1. The smallest absolute Gasteiger partial charge is 0.235 e. The van der Waals surface area contributed by atoms with Crippen molar-refractivity contribution in [2.45, 2.75) is 31.6 Å². The van der Waals surface area contributed by atoms with Gasteiger partial charge in [-0.05, 0) is 61.2 Å². The van der Waals surface area contributed by atoms with Crippen LogP contribution in [0.3, 0.4) is 0 Å². The number of anilines is 1. The number of ether oxygens (including phenoxy) is 2. The molecule has 162 valence electrons. The molecule has 0 bridgehead atoms. The fourth-order valence-electron chi connectivity index (χ4n) is 4.04. The van der Waals surface area contributed by atoms with E-state index in [2.05, 4.69) is 17.2 Å². The highest BCUT2D eigenvalue weighted by Crippen LogP contribution is 2.41. The molecule has 7 heteroatoms. The van der Waals surface area contributed by atoms with Gasteiger partial charge in [0.25, 0.3) is 0 Å². The highest BCUT2D eigenvalue weighted by atomic mass is 35.5. The molecule has 0 radical (unpaired) electrons. The van der Waals surface area contributed by atoms with E-state index in [1.807, 2.05) is 30.3 Å². The number of rotatable bonds is 6. The summed E-state index contributed by atoms with van der Waals surface area (Å²) >= 11 is 12.6. The average Bonchev–Trinajstić information content (AvgIpc) is 2.79. The lowest BCUT2D eigenvalue weighted by molar-refractivity contribution is -0.125. The van der Waals surface area contributed by atoms with E-state index in [9.17, 15) is 4.79 Å². The number of amides is 1. The van der Waals surface area contributed by atoms with E-state index in [0.29, 0.717) is 54.1 Å². The van der Waals surface area contributed by atoms with Crippen LogP contribution in [0.5, 0.6) is 5.75 Å². The molecule has 0 atom stereocenters. The molecule has 1 aromatic heterocycles. The fourth-order valence-corrected chi connectivity index (χ4v) is 4.63. The number of carbonyl (C=O) groups is 1. The van der Waals surface area contributed by atoms with Crippen LogP contribution in [0, 0.1) is 0 Å². The number of nitrogens with one attached hydrogen (secondary N) is 1. The molecule has 0 spiro atoms. The zero-order valence-electron chi connectivity index (χ0n) is 17.3. The number of benzene rings is 2. The van der Waals surface area contributed by atoms with Crippen LogP contribution in [-0.4, -0.2) is 30.7 Å². The predicted octanol–water partition coefficient (Wildman–Crippen LogP) is 6.02. The summed E-state index contributed by atoms with van der Waals surface area (Å²) < 4.78 is 11.4. The molecule has 1 amide bonds. The number of halogens is 2. The van der Waals surface area contributed by atoms with Gasteiger partial charge in [-0.3, -0.25) is 9.78 Å². The second-order valence-corrected chi connectivity index (χ2v) is 8.48. The van der Waals surface area contributed by atoms with Crippen LogP contribution in [0.15, 0.2) is 48.7 Å². The van der Waals surface area contributed by atoms with E-state index in [1.165, 1.54) is 0 Å². The van der Waals surface area contributed by atoms with Crippen molar-refractivity contribution in [1.29, 1.82) is 0 Å². The molecular formula is C24H24Cl2N2O3. The van der Waals surface area contributed by atoms with Gasteiger partial charge in [0.2, 0.25) is 5.91 Å². The van der Waals surface area contributed by atoms with E-state index in [-0.39, 0.29) is 5.91 Å². The van der Waals surface area contributed by atoms with Gasteiger partial charge in [-0.15, -0.1) is 0 Å². The number of hydrogen-bond donors (Lipinski definition) is 1. The first-order valence-corrected chi connectivity index (χ1v) is 11.2. The molecule has 1 fully saturated rings. The lowest BCUT2D eigenvalue weighted by atomic mass is 9.73. The van der Waals surface area contributed by atoms with Crippen molar-refractivity contribution >= 4 is 45.7 Å². The lowest BCUT2D eigenvalue weighted by Crippen LogP contribution is -2.45. The lowest BCUT2D eigenvalue weighted by Gasteiger charge is -2.37. The minimum atomic E-state index is -0.800. The Bertz CT molecular complexity index is 1100. The molecule has 2 heterocycles. The zero-order chi connectivity index (χ0) is 21.8. The Morgan fingerprint density at radius 3 is 2.74 bits per heavy atom. The van der Waals surface area contributed by atoms with Crippen LogP contribution in [-0.2, 0) is 14.9 Å². The van der Waals surface area contributed by atoms with Crippen LogP contribution in [0.1, 0.15) is 31.7 Å². The second-order valence-electron chi connectivity index (χ2n) is 7.63. The van der Waals surface area contributed by atoms with Gasteiger partial charge in [-0.1, -0.05) is 36.2 Å². The molecule has 0 unspecified atom stereocenters. The van der Waals surface area contributed by atoms with Gasteiger partial charge >= 0.3 is 0 Å². The quantitative estimate of drug-likeness (QED) is 0.490. The van der Waals surface area contributed by atoms with Gasteiger partial charge < -0.3 is 14.8 Å². The van der Waals surface area contributed by atoms with Gasteiger partial charge in [-0.25, -0.2) is 0 Å². The van der Waals surface area contributed by atoms with Crippen LogP contribution >= 0.6 is 23.2 Å².